The van der Waals surface area contributed by atoms with Gasteiger partial charge in [0.25, 0.3) is 0 Å². The second-order valence-electron chi connectivity index (χ2n) is 14.2. The third kappa shape index (κ3) is 9.92. The minimum absolute atomic E-state index is 0. The fraction of sp³-hybridized carbons (Fsp3) is 0.0588. The van der Waals surface area contributed by atoms with E-state index in [1.807, 2.05) is 50.2 Å². The Morgan fingerprint density at radius 1 is 0.516 bits per heavy atom. The van der Waals surface area contributed by atoms with Gasteiger partial charge in [-0.05, 0) is 104 Å². The SMILES string of the molecule is [C-]#[N+]c1cccc(Oc2nc(Oc3cccc(C#N)c3)c[c-]c2-c2cccc(C(C)(C)c3cccc(-c4[c-]cc(Oc5cccc(C#N)c5)nc4Oc4cccc(C#N)c4)n3)n2)c1.[Pt+2]. The summed E-state index contributed by atoms with van der Waals surface area (Å²) in [6, 6.07) is 54.0. The Hall–Kier alpha value is -8.67. The normalized spacial score (nSPS) is 10.5. The minimum Gasteiger partial charge on any atom is -0.485 e. The summed E-state index contributed by atoms with van der Waals surface area (Å²) >= 11 is 0. The van der Waals surface area contributed by atoms with E-state index in [0.29, 0.717) is 79.3 Å². The van der Waals surface area contributed by atoms with Gasteiger partial charge >= 0.3 is 21.1 Å². The quantitative estimate of drug-likeness (QED) is 0.107. The molecule has 0 N–H and O–H groups in total. The average Bonchev–Trinajstić information content (AvgIpc) is 3.32. The number of benzene rings is 4. The van der Waals surface area contributed by atoms with Crippen LogP contribution >= 0.6 is 0 Å². The summed E-state index contributed by atoms with van der Waals surface area (Å²) in [6.07, 6.45) is 0. The number of aromatic nitrogens is 4. The minimum atomic E-state index is -0.774. The molecule has 0 radical (unpaired) electrons. The van der Waals surface area contributed by atoms with Crippen molar-refractivity contribution in [2.24, 2.45) is 0 Å². The molecule has 0 aliphatic carbocycles. The van der Waals surface area contributed by atoms with Crippen LogP contribution in [-0.4, -0.2) is 19.9 Å². The first-order chi connectivity index (χ1) is 30.7. The van der Waals surface area contributed by atoms with E-state index in [4.69, 9.17) is 35.5 Å². The van der Waals surface area contributed by atoms with Gasteiger partial charge in [0.2, 0.25) is 0 Å². The molecule has 64 heavy (non-hydrogen) atoms. The summed E-state index contributed by atoms with van der Waals surface area (Å²) in [5.74, 6) is 2.17. The van der Waals surface area contributed by atoms with E-state index >= 15 is 0 Å². The van der Waals surface area contributed by atoms with Crippen LogP contribution in [-0.2, 0) is 26.5 Å². The van der Waals surface area contributed by atoms with E-state index < -0.39 is 5.41 Å². The van der Waals surface area contributed by atoms with Gasteiger partial charge < -0.3 is 28.9 Å². The van der Waals surface area contributed by atoms with Crippen molar-refractivity contribution in [1.29, 1.82) is 15.8 Å². The Balaban J connectivity index is 0.00000612. The van der Waals surface area contributed by atoms with Crippen molar-refractivity contribution >= 4 is 5.69 Å². The average molecular weight is 1010 g/mol. The van der Waals surface area contributed by atoms with Gasteiger partial charge in [-0.1, -0.05) is 77.9 Å². The largest absolute Gasteiger partial charge is 2.00 e. The maximum absolute atomic E-state index is 9.54. The predicted molar refractivity (Wildman–Crippen MR) is 231 cm³/mol. The van der Waals surface area contributed by atoms with Gasteiger partial charge in [0, 0.05) is 16.8 Å². The number of hydrogen-bond donors (Lipinski definition) is 0. The van der Waals surface area contributed by atoms with Gasteiger partial charge in [0.1, 0.15) is 46.5 Å². The predicted octanol–water partition coefficient (Wildman–Crippen LogP) is 11.9. The van der Waals surface area contributed by atoms with Gasteiger partial charge in [-0.2, -0.15) is 15.8 Å². The zero-order valence-electron chi connectivity index (χ0n) is 33.9. The number of hydrogen-bond acceptors (Lipinski definition) is 11. The van der Waals surface area contributed by atoms with Gasteiger partial charge in [0.15, 0.2) is 5.69 Å². The number of ether oxygens (including phenoxy) is 4. The molecule has 308 valence electrons. The zero-order chi connectivity index (χ0) is 43.8. The molecule has 4 heterocycles. The van der Waals surface area contributed by atoms with Crippen molar-refractivity contribution in [2.75, 3.05) is 0 Å². The van der Waals surface area contributed by atoms with Gasteiger partial charge in [-0.15, -0.1) is 12.1 Å². The summed E-state index contributed by atoms with van der Waals surface area (Å²) < 4.78 is 24.6. The fourth-order valence-electron chi connectivity index (χ4n) is 6.33. The van der Waals surface area contributed by atoms with E-state index in [2.05, 4.69) is 45.2 Å². The number of nitrogens with zero attached hydrogens (tertiary/aromatic N) is 8. The zero-order valence-corrected chi connectivity index (χ0v) is 36.2. The molecular weight excluding hydrogens is 984 g/mol. The molecule has 0 aliphatic heterocycles. The second kappa shape index (κ2) is 19.4. The molecule has 0 bridgehead atoms. The first-order valence-corrected chi connectivity index (χ1v) is 19.2. The van der Waals surface area contributed by atoms with Gasteiger partial charge in [-0.3, -0.25) is 9.97 Å². The summed E-state index contributed by atoms with van der Waals surface area (Å²) in [7, 11) is 0. The Morgan fingerprint density at radius 3 is 1.33 bits per heavy atom. The maximum Gasteiger partial charge on any atom is 2.00 e. The molecule has 13 heteroatoms. The molecule has 8 aromatic rings. The Morgan fingerprint density at radius 2 is 0.906 bits per heavy atom. The molecule has 0 atom stereocenters. The first-order valence-electron chi connectivity index (χ1n) is 19.2. The van der Waals surface area contributed by atoms with Crippen LogP contribution in [0, 0.1) is 52.7 Å². The third-order valence-electron chi connectivity index (χ3n) is 9.53. The number of rotatable bonds is 12. The van der Waals surface area contributed by atoms with E-state index in [0.717, 1.165) is 0 Å². The Kier molecular flexibility index (Phi) is 13.1. The van der Waals surface area contributed by atoms with Gasteiger partial charge in [-0.25, -0.2) is 4.85 Å². The summed E-state index contributed by atoms with van der Waals surface area (Å²) in [4.78, 5) is 23.1. The summed E-state index contributed by atoms with van der Waals surface area (Å²) in [5, 5.41) is 28.3. The first kappa shape index (κ1) is 43.4. The molecule has 0 spiro atoms. The van der Waals surface area contributed by atoms with Crippen molar-refractivity contribution < 1.29 is 40.0 Å². The molecule has 4 aromatic heterocycles. The van der Waals surface area contributed by atoms with Gasteiger partial charge in [0.05, 0.1) is 41.5 Å². The van der Waals surface area contributed by atoms with Crippen molar-refractivity contribution in [2.45, 2.75) is 19.3 Å². The molecule has 0 aliphatic rings. The van der Waals surface area contributed by atoms with E-state index in [1.165, 1.54) is 0 Å². The number of nitriles is 3. The standard InChI is InChI=1S/C51H30N8O4.Pt/c1-51(2,45-20-8-18-43(56-45)41-22-24-47(60-37-14-4-10-33(26-37)30-52)58-49(41)62-39-16-6-12-35(28-39)32-54)46-21-9-19-44(57-46)42-23-25-48(61-38-15-5-11-34(27-38)31-53)59-50(42)63-40-17-7-13-36(29-40)55-3;/h4-21,24-29H,1-2H3;/q-2;+2. The Bertz CT molecular complexity index is 2990. The number of pyridine rings is 4. The summed E-state index contributed by atoms with van der Waals surface area (Å²) in [6.45, 7) is 11.5. The van der Waals surface area contributed by atoms with E-state index in [9.17, 15) is 15.8 Å². The molecule has 12 nitrogen and oxygen atoms in total. The Labute approximate surface area is 383 Å². The molecule has 4 aromatic carbocycles. The maximum atomic E-state index is 9.54. The van der Waals surface area contributed by atoms with Crippen LogP contribution in [0.1, 0.15) is 41.9 Å². The van der Waals surface area contributed by atoms with E-state index in [1.54, 1.807) is 109 Å². The molecule has 0 unspecified atom stereocenters. The van der Waals surface area contributed by atoms with Crippen LogP contribution in [0.2, 0.25) is 0 Å². The smallest absolute Gasteiger partial charge is 0.485 e. The second-order valence-corrected chi connectivity index (χ2v) is 14.2. The van der Waals surface area contributed by atoms with Crippen molar-refractivity contribution in [3.63, 3.8) is 0 Å². The van der Waals surface area contributed by atoms with Crippen molar-refractivity contribution in [1.82, 2.24) is 19.9 Å². The molecule has 0 saturated carbocycles. The monoisotopic (exact) mass is 1010 g/mol. The van der Waals surface area contributed by atoms with Crippen molar-refractivity contribution in [3.8, 4) is 87.2 Å². The van der Waals surface area contributed by atoms with E-state index in [-0.39, 0.29) is 44.6 Å². The molecule has 0 saturated heterocycles. The van der Waals surface area contributed by atoms with Crippen LogP contribution in [0.5, 0.6) is 46.5 Å². The van der Waals surface area contributed by atoms with Crippen LogP contribution in [0.4, 0.5) is 5.69 Å². The molecule has 0 fully saturated rings. The summed E-state index contributed by atoms with van der Waals surface area (Å²) in [5.41, 5.74) is 4.09. The topological polar surface area (TPSA) is 164 Å². The van der Waals surface area contributed by atoms with Crippen LogP contribution in [0.3, 0.4) is 0 Å². The van der Waals surface area contributed by atoms with Crippen LogP contribution in [0.25, 0.3) is 27.4 Å². The van der Waals surface area contributed by atoms with Crippen LogP contribution in [0.15, 0.2) is 146 Å². The molecule has 8 rings (SSSR count). The molecular formula is C51H30N8O4Pt. The van der Waals surface area contributed by atoms with Crippen molar-refractivity contribution in [3.05, 3.63) is 197 Å². The van der Waals surface area contributed by atoms with Crippen LogP contribution < -0.4 is 18.9 Å². The third-order valence-corrected chi connectivity index (χ3v) is 9.53. The molecule has 0 amide bonds. The fourth-order valence-corrected chi connectivity index (χ4v) is 6.33.